The molecule has 8 nitrogen and oxygen atoms in total. The molecule has 0 spiro atoms. The first kappa shape index (κ1) is 18.8. The van der Waals surface area contributed by atoms with Crippen LogP contribution in [-0.4, -0.2) is 34.0 Å². The lowest BCUT2D eigenvalue weighted by molar-refractivity contribution is -0.132. The third kappa shape index (κ3) is 4.08. The van der Waals surface area contributed by atoms with Crippen LogP contribution in [0.15, 0.2) is 30.6 Å². The maximum atomic E-state index is 13.9. The van der Waals surface area contributed by atoms with Crippen LogP contribution in [0.1, 0.15) is 12.0 Å². The first-order valence-corrected chi connectivity index (χ1v) is 8.57. The normalized spacial score (nSPS) is 16.6. The van der Waals surface area contributed by atoms with Crippen molar-refractivity contribution in [1.29, 1.82) is 0 Å². The van der Waals surface area contributed by atoms with Crippen LogP contribution in [0.5, 0.6) is 0 Å². The summed E-state index contributed by atoms with van der Waals surface area (Å²) < 4.78 is 15.2. The van der Waals surface area contributed by atoms with Crippen LogP contribution in [0, 0.1) is 11.7 Å². The van der Waals surface area contributed by atoms with Gasteiger partial charge in [-0.25, -0.2) is 4.39 Å². The number of aromatic nitrogens is 2. The smallest absolute Gasteiger partial charge is 0.239 e. The molecule has 0 radical (unpaired) electrons. The van der Waals surface area contributed by atoms with Gasteiger partial charge in [-0.05, 0) is 12.5 Å². The average Bonchev–Trinajstić information content (AvgIpc) is 3.21. The largest absolute Gasteiger partial charge is 0.368 e. The Morgan fingerprint density at radius 3 is 2.93 bits per heavy atom. The topological polar surface area (TPSA) is 110 Å². The highest BCUT2D eigenvalue weighted by Gasteiger charge is 2.38. The van der Waals surface area contributed by atoms with Gasteiger partial charge in [0.1, 0.15) is 18.3 Å². The van der Waals surface area contributed by atoms with Gasteiger partial charge in [-0.1, -0.05) is 23.7 Å². The number of benzene rings is 1. The van der Waals surface area contributed by atoms with Crippen molar-refractivity contribution < 1.29 is 18.8 Å². The lowest BCUT2D eigenvalue weighted by Gasteiger charge is -2.14. The van der Waals surface area contributed by atoms with E-state index in [0.717, 1.165) is 0 Å². The minimum atomic E-state index is -0.869. The Morgan fingerprint density at radius 1 is 1.41 bits per heavy atom. The molecule has 142 valence electrons. The van der Waals surface area contributed by atoms with E-state index in [2.05, 4.69) is 10.4 Å². The molecule has 0 aliphatic carbocycles. The molecule has 2 aromatic rings. The number of nitrogens with two attached hydrogens (primary N) is 1. The summed E-state index contributed by atoms with van der Waals surface area (Å²) in [6.07, 6.45) is 3.27. The Labute approximate surface area is 159 Å². The lowest BCUT2D eigenvalue weighted by Crippen LogP contribution is -2.36. The van der Waals surface area contributed by atoms with Gasteiger partial charge < -0.3 is 16.0 Å². The van der Waals surface area contributed by atoms with E-state index in [0.29, 0.717) is 18.7 Å². The summed E-state index contributed by atoms with van der Waals surface area (Å²) in [5.74, 6) is -2.88. The van der Waals surface area contributed by atoms with E-state index < -0.39 is 23.5 Å². The summed E-state index contributed by atoms with van der Waals surface area (Å²) in [7, 11) is 0. The zero-order valence-corrected chi connectivity index (χ0v) is 14.9. The van der Waals surface area contributed by atoms with Crippen molar-refractivity contribution in [3.05, 3.63) is 47.0 Å². The van der Waals surface area contributed by atoms with Gasteiger partial charge in [-0.3, -0.25) is 19.1 Å². The van der Waals surface area contributed by atoms with E-state index in [4.69, 9.17) is 17.3 Å². The molecule has 10 heteroatoms. The fourth-order valence-electron chi connectivity index (χ4n) is 2.91. The zero-order chi connectivity index (χ0) is 19.6. The Balaban J connectivity index is 1.62. The fraction of sp³-hybridized carbons (Fsp3) is 0.294. The molecule has 1 saturated heterocycles. The maximum Gasteiger partial charge on any atom is 0.239 e. The monoisotopic (exact) mass is 393 g/mol. The predicted octanol–water partition coefficient (Wildman–Crippen LogP) is 0.830. The van der Waals surface area contributed by atoms with Crippen molar-refractivity contribution in [3.8, 4) is 0 Å². The molecular weight excluding hydrogens is 377 g/mol. The first-order chi connectivity index (χ1) is 12.9. The number of primary amides is 1. The quantitative estimate of drug-likeness (QED) is 0.708. The number of hydrogen-bond donors (Lipinski definition) is 2. The molecule has 1 atom stereocenters. The molecule has 1 aliphatic heterocycles. The Hall–Kier alpha value is -2.94. The summed E-state index contributed by atoms with van der Waals surface area (Å²) in [6.45, 7) is 0.174. The van der Waals surface area contributed by atoms with E-state index in [1.54, 1.807) is 6.07 Å². The molecular formula is C17H17ClFN5O3. The maximum absolute atomic E-state index is 13.9. The number of carbonyl (C=O) groups is 3. The van der Waals surface area contributed by atoms with Crippen molar-refractivity contribution >= 4 is 35.0 Å². The van der Waals surface area contributed by atoms with Crippen molar-refractivity contribution in [1.82, 2.24) is 15.1 Å². The van der Waals surface area contributed by atoms with Gasteiger partial charge in [0.05, 0.1) is 16.9 Å². The predicted molar refractivity (Wildman–Crippen MR) is 95.1 cm³/mol. The summed E-state index contributed by atoms with van der Waals surface area (Å²) >= 11 is 5.71. The summed E-state index contributed by atoms with van der Waals surface area (Å²) in [6, 6.07) is 4.51. The second-order valence-electron chi connectivity index (χ2n) is 6.12. The third-order valence-corrected chi connectivity index (χ3v) is 4.55. The van der Waals surface area contributed by atoms with E-state index in [1.165, 1.54) is 34.1 Å². The Kier molecular flexibility index (Phi) is 5.41. The minimum Gasteiger partial charge on any atom is -0.368 e. The van der Waals surface area contributed by atoms with Crippen molar-refractivity contribution in [2.45, 2.75) is 19.5 Å². The lowest BCUT2D eigenvalue weighted by atomic mass is 10.1. The molecule has 3 amide bonds. The molecule has 1 aromatic heterocycles. The number of nitrogens with one attached hydrogen (secondary N) is 1. The highest BCUT2D eigenvalue weighted by atomic mass is 35.5. The summed E-state index contributed by atoms with van der Waals surface area (Å²) in [5.41, 5.74) is 5.83. The van der Waals surface area contributed by atoms with Crippen molar-refractivity contribution in [3.63, 3.8) is 0 Å². The van der Waals surface area contributed by atoms with Gasteiger partial charge in [0.25, 0.3) is 0 Å². The van der Waals surface area contributed by atoms with Crippen LogP contribution in [0.3, 0.4) is 0 Å². The van der Waals surface area contributed by atoms with E-state index in [1.807, 2.05) is 0 Å². The number of anilines is 1. The third-order valence-electron chi connectivity index (χ3n) is 4.26. The number of halogens is 2. The van der Waals surface area contributed by atoms with Crippen LogP contribution in [0.4, 0.5) is 10.1 Å². The average molecular weight is 394 g/mol. The van der Waals surface area contributed by atoms with Crippen LogP contribution in [0.25, 0.3) is 0 Å². The van der Waals surface area contributed by atoms with Crippen LogP contribution < -0.4 is 16.0 Å². The SMILES string of the molecule is NC(=O)Cn1cc(N2CCC(C(=O)NCc3cccc(Cl)c3F)C2=O)cn1. The second-order valence-corrected chi connectivity index (χ2v) is 6.53. The van der Waals surface area contributed by atoms with Gasteiger partial charge >= 0.3 is 0 Å². The highest BCUT2D eigenvalue weighted by Crippen LogP contribution is 2.25. The number of carbonyl (C=O) groups excluding carboxylic acids is 3. The molecule has 1 aliphatic rings. The first-order valence-electron chi connectivity index (χ1n) is 8.19. The number of rotatable bonds is 6. The van der Waals surface area contributed by atoms with Gasteiger partial charge in [-0.2, -0.15) is 5.10 Å². The summed E-state index contributed by atoms with van der Waals surface area (Å²) in [5, 5.41) is 6.51. The molecule has 1 aromatic carbocycles. The highest BCUT2D eigenvalue weighted by molar-refractivity contribution is 6.30. The zero-order valence-electron chi connectivity index (χ0n) is 14.2. The fourth-order valence-corrected chi connectivity index (χ4v) is 3.10. The molecule has 0 bridgehead atoms. The Bertz CT molecular complexity index is 900. The molecule has 27 heavy (non-hydrogen) atoms. The van der Waals surface area contributed by atoms with Crippen LogP contribution >= 0.6 is 11.6 Å². The van der Waals surface area contributed by atoms with E-state index in [-0.39, 0.29) is 29.6 Å². The number of nitrogens with zero attached hydrogens (tertiary/aromatic N) is 3. The number of amides is 3. The summed E-state index contributed by atoms with van der Waals surface area (Å²) in [4.78, 5) is 37.3. The second kappa shape index (κ2) is 7.75. The van der Waals surface area contributed by atoms with Crippen molar-refractivity contribution in [2.24, 2.45) is 11.7 Å². The van der Waals surface area contributed by atoms with Crippen LogP contribution in [-0.2, 0) is 27.5 Å². The molecule has 1 unspecified atom stereocenters. The molecule has 3 N–H and O–H groups in total. The molecule has 1 fully saturated rings. The standard InChI is InChI=1S/C17H17ClFN5O3/c18-13-3-1-2-10(15(13)19)6-21-16(26)12-4-5-24(17(12)27)11-7-22-23(8-11)9-14(20)25/h1-3,7-8,12H,4-6,9H2,(H2,20,25)(H,21,26). The van der Waals surface area contributed by atoms with Gasteiger partial charge in [0.15, 0.2) is 0 Å². The van der Waals surface area contributed by atoms with Gasteiger partial charge in [-0.15, -0.1) is 0 Å². The molecule has 2 heterocycles. The van der Waals surface area contributed by atoms with Crippen LogP contribution in [0.2, 0.25) is 5.02 Å². The van der Waals surface area contributed by atoms with E-state index >= 15 is 0 Å². The van der Waals surface area contributed by atoms with Crippen molar-refractivity contribution in [2.75, 3.05) is 11.4 Å². The minimum absolute atomic E-state index is 0.0298. The van der Waals surface area contributed by atoms with Gasteiger partial charge in [0, 0.05) is 24.8 Å². The van der Waals surface area contributed by atoms with E-state index in [9.17, 15) is 18.8 Å². The van der Waals surface area contributed by atoms with Gasteiger partial charge in [0.2, 0.25) is 17.7 Å². The number of hydrogen-bond acceptors (Lipinski definition) is 4. The Morgan fingerprint density at radius 2 is 2.19 bits per heavy atom. The molecule has 0 saturated carbocycles. The molecule has 3 rings (SSSR count).